The second-order valence-corrected chi connectivity index (χ2v) is 5.50. The Kier molecular flexibility index (Phi) is 4.60. The fourth-order valence-corrected chi connectivity index (χ4v) is 2.25. The Morgan fingerprint density at radius 3 is 2.83 bits per heavy atom. The smallest absolute Gasteiger partial charge is 0.142 e. The summed E-state index contributed by atoms with van der Waals surface area (Å²) in [5, 5.41) is 3.57. The molecule has 1 saturated carbocycles. The van der Waals surface area contributed by atoms with Crippen LogP contribution in [-0.2, 0) is 11.3 Å². The summed E-state index contributed by atoms with van der Waals surface area (Å²) in [6.07, 6.45) is 3.63. The molecule has 1 N–H and O–H groups in total. The van der Waals surface area contributed by atoms with E-state index in [-0.39, 0.29) is 10.8 Å². The van der Waals surface area contributed by atoms with Gasteiger partial charge >= 0.3 is 0 Å². The van der Waals surface area contributed by atoms with Crippen molar-refractivity contribution >= 4 is 11.6 Å². The number of rotatable bonds is 7. The standard InChI is InChI=1S/C14H19ClFNO/c1-18-7-6-14(4-5-14)10-17-9-11-2-3-12(15)13(16)8-11/h2-3,8,17H,4-7,9-10H2,1H3. The zero-order chi connectivity index (χ0) is 13.0. The van der Waals surface area contributed by atoms with E-state index in [0.717, 1.165) is 25.1 Å². The van der Waals surface area contributed by atoms with Gasteiger partial charge in [0.25, 0.3) is 0 Å². The third-order valence-electron chi connectivity index (χ3n) is 3.61. The molecule has 100 valence electrons. The molecule has 0 radical (unpaired) electrons. The van der Waals surface area contributed by atoms with Crippen LogP contribution in [0.25, 0.3) is 0 Å². The van der Waals surface area contributed by atoms with E-state index in [2.05, 4.69) is 5.32 Å². The summed E-state index contributed by atoms with van der Waals surface area (Å²) in [7, 11) is 1.74. The van der Waals surface area contributed by atoms with Crippen LogP contribution in [-0.4, -0.2) is 20.3 Å². The average molecular weight is 272 g/mol. The van der Waals surface area contributed by atoms with Gasteiger partial charge in [-0.25, -0.2) is 4.39 Å². The topological polar surface area (TPSA) is 21.3 Å². The maximum absolute atomic E-state index is 13.2. The minimum atomic E-state index is -0.350. The van der Waals surface area contributed by atoms with Crippen LogP contribution in [0.2, 0.25) is 5.02 Å². The van der Waals surface area contributed by atoms with E-state index < -0.39 is 0 Å². The summed E-state index contributed by atoms with van der Waals surface area (Å²) >= 11 is 5.65. The van der Waals surface area contributed by atoms with Crippen molar-refractivity contribution in [3.63, 3.8) is 0 Å². The number of benzene rings is 1. The minimum Gasteiger partial charge on any atom is -0.385 e. The number of hydrogen-bond acceptors (Lipinski definition) is 2. The molecule has 2 nitrogen and oxygen atoms in total. The molecule has 0 heterocycles. The molecule has 4 heteroatoms. The predicted molar refractivity (Wildman–Crippen MR) is 71.3 cm³/mol. The molecule has 0 spiro atoms. The van der Waals surface area contributed by atoms with Crippen LogP contribution in [0.15, 0.2) is 18.2 Å². The van der Waals surface area contributed by atoms with Crippen molar-refractivity contribution in [1.82, 2.24) is 5.32 Å². The van der Waals surface area contributed by atoms with Crippen molar-refractivity contribution < 1.29 is 9.13 Å². The van der Waals surface area contributed by atoms with E-state index >= 15 is 0 Å². The summed E-state index contributed by atoms with van der Waals surface area (Å²) in [5.74, 6) is -0.350. The number of nitrogens with one attached hydrogen (secondary N) is 1. The van der Waals surface area contributed by atoms with Crippen LogP contribution < -0.4 is 5.32 Å². The van der Waals surface area contributed by atoms with Crippen LogP contribution in [0.5, 0.6) is 0 Å². The lowest BCUT2D eigenvalue weighted by atomic mass is 10.0. The first-order valence-electron chi connectivity index (χ1n) is 6.29. The molecule has 1 aromatic carbocycles. The van der Waals surface area contributed by atoms with Gasteiger partial charge in [0.05, 0.1) is 5.02 Å². The average Bonchev–Trinajstić information content (AvgIpc) is 3.12. The molecule has 0 aliphatic heterocycles. The molecular weight excluding hydrogens is 253 g/mol. The predicted octanol–water partition coefficient (Wildman–Crippen LogP) is 3.39. The van der Waals surface area contributed by atoms with Gasteiger partial charge in [0.2, 0.25) is 0 Å². The monoisotopic (exact) mass is 271 g/mol. The van der Waals surface area contributed by atoms with E-state index in [1.165, 1.54) is 18.9 Å². The van der Waals surface area contributed by atoms with Crippen LogP contribution >= 0.6 is 11.6 Å². The number of ether oxygens (including phenoxy) is 1. The number of methoxy groups -OCH3 is 1. The van der Waals surface area contributed by atoms with E-state index in [0.29, 0.717) is 12.0 Å². The zero-order valence-corrected chi connectivity index (χ0v) is 11.4. The summed E-state index contributed by atoms with van der Waals surface area (Å²) in [6, 6.07) is 4.95. The van der Waals surface area contributed by atoms with Crippen molar-refractivity contribution in [2.45, 2.75) is 25.8 Å². The molecule has 0 aromatic heterocycles. The molecule has 2 rings (SSSR count). The number of halogens is 2. The largest absolute Gasteiger partial charge is 0.385 e. The lowest BCUT2D eigenvalue weighted by molar-refractivity contribution is 0.171. The highest BCUT2D eigenvalue weighted by Gasteiger charge is 2.41. The van der Waals surface area contributed by atoms with Gasteiger partial charge in [0.1, 0.15) is 5.82 Å². The Morgan fingerprint density at radius 1 is 1.44 bits per heavy atom. The first-order chi connectivity index (χ1) is 8.65. The minimum absolute atomic E-state index is 0.178. The van der Waals surface area contributed by atoms with Crippen molar-refractivity contribution in [2.24, 2.45) is 5.41 Å². The summed E-state index contributed by atoms with van der Waals surface area (Å²) in [5.41, 5.74) is 1.35. The zero-order valence-electron chi connectivity index (χ0n) is 10.6. The second-order valence-electron chi connectivity index (χ2n) is 5.09. The van der Waals surface area contributed by atoms with Gasteiger partial charge in [-0.2, -0.15) is 0 Å². The van der Waals surface area contributed by atoms with E-state index in [1.54, 1.807) is 13.2 Å². The summed E-state index contributed by atoms with van der Waals surface area (Å²) in [6.45, 7) is 2.47. The SMILES string of the molecule is COCCC1(CNCc2ccc(Cl)c(F)c2)CC1. The van der Waals surface area contributed by atoms with Gasteiger partial charge in [-0.3, -0.25) is 0 Å². The molecular formula is C14H19ClFNO. The van der Waals surface area contributed by atoms with Gasteiger partial charge in [0.15, 0.2) is 0 Å². The quantitative estimate of drug-likeness (QED) is 0.821. The highest BCUT2D eigenvalue weighted by atomic mass is 35.5. The Hall–Kier alpha value is -0.640. The highest BCUT2D eigenvalue weighted by Crippen LogP contribution is 2.48. The van der Waals surface area contributed by atoms with Crippen LogP contribution in [0.4, 0.5) is 4.39 Å². The number of hydrogen-bond donors (Lipinski definition) is 1. The second kappa shape index (κ2) is 6.00. The first kappa shape index (κ1) is 13.8. The Balaban J connectivity index is 1.76. The molecule has 18 heavy (non-hydrogen) atoms. The lowest BCUT2D eigenvalue weighted by Gasteiger charge is -2.15. The third-order valence-corrected chi connectivity index (χ3v) is 3.91. The molecule has 0 saturated heterocycles. The first-order valence-corrected chi connectivity index (χ1v) is 6.67. The van der Waals surface area contributed by atoms with Crippen molar-refractivity contribution in [1.29, 1.82) is 0 Å². The highest BCUT2D eigenvalue weighted by molar-refractivity contribution is 6.30. The van der Waals surface area contributed by atoms with Gasteiger partial charge in [-0.15, -0.1) is 0 Å². The van der Waals surface area contributed by atoms with E-state index in [9.17, 15) is 4.39 Å². The summed E-state index contributed by atoms with van der Waals surface area (Å²) < 4.78 is 18.4. The molecule has 1 aliphatic carbocycles. The van der Waals surface area contributed by atoms with Crippen LogP contribution in [0.1, 0.15) is 24.8 Å². The Labute approximate surface area is 112 Å². The van der Waals surface area contributed by atoms with Gasteiger partial charge in [-0.05, 0) is 42.4 Å². The van der Waals surface area contributed by atoms with Gasteiger partial charge in [-0.1, -0.05) is 17.7 Å². The fraction of sp³-hybridized carbons (Fsp3) is 0.571. The van der Waals surface area contributed by atoms with Gasteiger partial charge in [0, 0.05) is 26.8 Å². The van der Waals surface area contributed by atoms with Gasteiger partial charge < -0.3 is 10.1 Å². The third kappa shape index (κ3) is 3.67. The van der Waals surface area contributed by atoms with Crippen LogP contribution in [0, 0.1) is 11.2 Å². The lowest BCUT2D eigenvalue weighted by Crippen LogP contribution is -2.24. The molecule has 0 amide bonds. The van der Waals surface area contributed by atoms with Crippen LogP contribution in [0.3, 0.4) is 0 Å². The van der Waals surface area contributed by atoms with Crippen molar-refractivity contribution in [3.8, 4) is 0 Å². The fourth-order valence-electron chi connectivity index (χ4n) is 2.13. The summed E-state index contributed by atoms with van der Waals surface area (Å²) in [4.78, 5) is 0. The molecule has 1 aromatic rings. The molecule has 0 bridgehead atoms. The molecule has 0 unspecified atom stereocenters. The molecule has 0 atom stereocenters. The Morgan fingerprint density at radius 2 is 2.22 bits per heavy atom. The molecule has 1 fully saturated rings. The maximum atomic E-state index is 13.2. The molecule has 1 aliphatic rings. The normalized spacial score (nSPS) is 16.8. The maximum Gasteiger partial charge on any atom is 0.142 e. The van der Waals surface area contributed by atoms with Crippen molar-refractivity contribution in [3.05, 3.63) is 34.6 Å². The Bertz CT molecular complexity index is 407. The van der Waals surface area contributed by atoms with E-state index in [4.69, 9.17) is 16.3 Å². The van der Waals surface area contributed by atoms with E-state index in [1.807, 2.05) is 6.07 Å². The van der Waals surface area contributed by atoms with Crippen molar-refractivity contribution in [2.75, 3.05) is 20.3 Å².